The van der Waals surface area contributed by atoms with Gasteiger partial charge in [0.2, 0.25) is 5.91 Å². The van der Waals surface area contributed by atoms with Gasteiger partial charge in [-0.05, 0) is 29.7 Å². The molecule has 0 fully saturated rings. The first kappa shape index (κ1) is 21.4. The molecule has 0 radical (unpaired) electrons. The van der Waals surface area contributed by atoms with E-state index in [0.29, 0.717) is 21.6 Å². The Morgan fingerprint density at radius 1 is 1.21 bits per heavy atom. The summed E-state index contributed by atoms with van der Waals surface area (Å²) in [5.74, 6) is -0.766. The number of halogens is 2. The van der Waals surface area contributed by atoms with Crippen molar-refractivity contribution in [3.05, 3.63) is 69.0 Å². The van der Waals surface area contributed by atoms with Crippen molar-refractivity contribution in [2.75, 3.05) is 5.32 Å². The number of amides is 2. The van der Waals surface area contributed by atoms with Crippen molar-refractivity contribution < 1.29 is 14.0 Å². The second-order valence-electron chi connectivity index (χ2n) is 6.68. The molecule has 0 aliphatic heterocycles. The first-order valence-corrected chi connectivity index (χ1v) is 10.4. The molecular formula is C20H19Cl2N3O3S. The van der Waals surface area contributed by atoms with Gasteiger partial charge in [0.1, 0.15) is 6.04 Å². The smallest absolute Gasteiger partial charge is 0.287 e. The molecule has 0 bridgehead atoms. The topological polar surface area (TPSA) is 84.2 Å². The first-order valence-electron chi connectivity index (χ1n) is 8.88. The molecule has 2 heterocycles. The van der Waals surface area contributed by atoms with E-state index in [2.05, 4.69) is 15.6 Å². The van der Waals surface area contributed by atoms with Gasteiger partial charge in [0, 0.05) is 17.5 Å². The Labute approximate surface area is 182 Å². The van der Waals surface area contributed by atoms with Crippen molar-refractivity contribution in [3.63, 3.8) is 0 Å². The lowest BCUT2D eigenvalue weighted by molar-refractivity contribution is -0.118. The van der Waals surface area contributed by atoms with Crippen LogP contribution in [0.4, 0.5) is 5.13 Å². The lowest BCUT2D eigenvalue weighted by Crippen LogP contribution is -2.47. The van der Waals surface area contributed by atoms with Crippen molar-refractivity contribution >= 4 is 51.5 Å². The van der Waals surface area contributed by atoms with Gasteiger partial charge in [-0.3, -0.25) is 9.59 Å². The highest BCUT2D eigenvalue weighted by atomic mass is 35.5. The molecule has 9 heteroatoms. The molecule has 0 spiro atoms. The summed E-state index contributed by atoms with van der Waals surface area (Å²) in [6.07, 6.45) is 3.64. The zero-order valence-corrected chi connectivity index (χ0v) is 18.1. The van der Waals surface area contributed by atoms with Crippen LogP contribution in [0.5, 0.6) is 0 Å². The molecule has 3 rings (SSSR count). The Morgan fingerprint density at radius 2 is 2.00 bits per heavy atom. The average molecular weight is 452 g/mol. The Kier molecular flexibility index (Phi) is 6.95. The number of rotatable bonds is 7. The zero-order chi connectivity index (χ0) is 21.0. The Morgan fingerprint density at radius 3 is 2.69 bits per heavy atom. The fourth-order valence-electron chi connectivity index (χ4n) is 2.66. The second-order valence-corrected chi connectivity index (χ2v) is 8.58. The van der Waals surface area contributed by atoms with Crippen LogP contribution in [0, 0.1) is 5.92 Å². The molecule has 152 valence electrons. The zero-order valence-electron chi connectivity index (χ0n) is 15.7. The quantitative estimate of drug-likeness (QED) is 0.527. The van der Waals surface area contributed by atoms with Crippen molar-refractivity contribution in [2.24, 2.45) is 5.92 Å². The van der Waals surface area contributed by atoms with E-state index in [4.69, 9.17) is 27.6 Å². The van der Waals surface area contributed by atoms with Crippen LogP contribution in [-0.2, 0) is 11.2 Å². The summed E-state index contributed by atoms with van der Waals surface area (Å²) in [6.45, 7) is 3.70. The maximum Gasteiger partial charge on any atom is 0.287 e. The van der Waals surface area contributed by atoms with Gasteiger partial charge in [0.15, 0.2) is 10.9 Å². The van der Waals surface area contributed by atoms with Crippen molar-refractivity contribution in [2.45, 2.75) is 26.3 Å². The van der Waals surface area contributed by atoms with Crippen LogP contribution < -0.4 is 10.6 Å². The number of nitrogens with one attached hydrogen (secondary N) is 2. The largest absolute Gasteiger partial charge is 0.459 e. The molecule has 0 saturated carbocycles. The standard InChI is InChI=1S/C20H19Cl2N3O3S/c1-11(2)17(24-18(26)15-7-4-8-28-15)19(27)25-20-23-10-13(29-20)9-12-5-3-6-14(21)16(12)22/h3-8,10-11,17H,9H2,1-2H3,(H,24,26)(H,23,25,27). The Balaban J connectivity index is 1.66. The number of nitrogens with zero attached hydrogens (tertiary/aromatic N) is 1. The average Bonchev–Trinajstić information content (AvgIpc) is 3.35. The number of carbonyl (C=O) groups excluding carboxylic acids is 2. The van der Waals surface area contributed by atoms with E-state index in [-0.39, 0.29) is 17.6 Å². The SMILES string of the molecule is CC(C)C(NC(=O)c1ccco1)C(=O)Nc1ncc(Cc2cccc(Cl)c2Cl)s1. The van der Waals surface area contributed by atoms with Crippen LogP contribution in [0.1, 0.15) is 34.8 Å². The number of aromatic nitrogens is 1. The molecule has 2 aromatic heterocycles. The summed E-state index contributed by atoms with van der Waals surface area (Å²) in [7, 11) is 0. The van der Waals surface area contributed by atoms with E-state index in [0.717, 1.165) is 10.4 Å². The molecule has 1 unspecified atom stereocenters. The van der Waals surface area contributed by atoms with Crippen LogP contribution in [0.3, 0.4) is 0 Å². The molecule has 0 aliphatic rings. The van der Waals surface area contributed by atoms with E-state index in [1.54, 1.807) is 24.4 Å². The third-order valence-electron chi connectivity index (χ3n) is 4.16. The minimum atomic E-state index is -0.734. The number of hydrogen-bond acceptors (Lipinski definition) is 5. The van der Waals surface area contributed by atoms with Gasteiger partial charge in [0.25, 0.3) is 5.91 Å². The molecule has 0 aliphatic carbocycles. The Bertz CT molecular complexity index is 1000. The normalized spacial score (nSPS) is 12.0. The predicted molar refractivity (Wildman–Crippen MR) is 115 cm³/mol. The maximum absolute atomic E-state index is 12.7. The summed E-state index contributed by atoms with van der Waals surface area (Å²) in [5.41, 5.74) is 0.881. The van der Waals surface area contributed by atoms with E-state index < -0.39 is 11.9 Å². The lowest BCUT2D eigenvalue weighted by Gasteiger charge is -2.20. The highest BCUT2D eigenvalue weighted by Gasteiger charge is 2.26. The third-order valence-corrected chi connectivity index (χ3v) is 5.93. The number of furan rings is 1. The number of anilines is 1. The van der Waals surface area contributed by atoms with Crippen LogP contribution in [0.2, 0.25) is 10.0 Å². The highest BCUT2D eigenvalue weighted by molar-refractivity contribution is 7.15. The lowest BCUT2D eigenvalue weighted by atomic mass is 10.0. The van der Waals surface area contributed by atoms with Gasteiger partial charge in [-0.1, -0.05) is 49.2 Å². The minimum Gasteiger partial charge on any atom is -0.459 e. The molecule has 29 heavy (non-hydrogen) atoms. The first-order chi connectivity index (χ1) is 13.8. The summed E-state index contributed by atoms with van der Waals surface area (Å²) in [5, 5.41) is 6.92. The van der Waals surface area contributed by atoms with Gasteiger partial charge < -0.3 is 15.1 Å². The summed E-state index contributed by atoms with van der Waals surface area (Å²) in [6, 6.07) is 7.88. The third kappa shape index (κ3) is 5.38. The summed E-state index contributed by atoms with van der Waals surface area (Å²) < 4.78 is 5.08. The summed E-state index contributed by atoms with van der Waals surface area (Å²) in [4.78, 5) is 30.1. The monoisotopic (exact) mass is 451 g/mol. The van der Waals surface area contributed by atoms with E-state index in [1.165, 1.54) is 17.6 Å². The second kappa shape index (κ2) is 9.43. The predicted octanol–water partition coefficient (Wildman–Crippen LogP) is 5.03. The molecule has 1 atom stereocenters. The number of benzene rings is 1. The van der Waals surface area contributed by atoms with Crippen LogP contribution >= 0.6 is 34.5 Å². The Hall–Kier alpha value is -2.35. The van der Waals surface area contributed by atoms with Crippen LogP contribution in [0.25, 0.3) is 0 Å². The van der Waals surface area contributed by atoms with E-state index in [1.807, 2.05) is 26.0 Å². The van der Waals surface area contributed by atoms with E-state index >= 15 is 0 Å². The van der Waals surface area contributed by atoms with E-state index in [9.17, 15) is 9.59 Å². The molecule has 1 aromatic carbocycles. The molecular weight excluding hydrogens is 433 g/mol. The highest BCUT2D eigenvalue weighted by Crippen LogP contribution is 2.29. The molecule has 0 saturated heterocycles. The number of carbonyl (C=O) groups is 2. The maximum atomic E-state index is 12.7. The van der Waals surface area contributed by atoms with Crippen molar-refractivity contribution in [3.8, 4) is 0 Å². The van der Waals surface area contributed by atoms with Crippen molar-refractivity contribution in [1.29, 1.82) is 0 Å². The fraction of sp³-hybridized carbons (Fsp3) is 0.250. The minimum absolute atomic E-state index is 0.126. The van der Waals surface area contributed by atoms with Gasteiger partial charge in [-0.2, -0.15) is 0 Å². The molecule has 2 N–H and O–H groups in total. The molecule has 2 amide bonds. The number of hydrogen-bond donors (Lipinski definition) is 2. The van der Waals surface area contributed by atoms with Gasteiger partial charge in [0.05, 0.1) is 16.3 Å². The molecule has 6 nitrogen and oxygen atoms in total. The van der Waals surface area contributed by atoms with Crippen molar-refractivity contribution in [1.82, 2.24) is 10.3 Å². The van der Waals surface area contributed by atoms with Crippen LogP contribution in [-0.4, -0.2) is 22.8 Å². The van der Waals surface area contributed by atoms with Gasteiger partial charge >= 0.3 is 0 Å². The van der Waals surface area contributed by atoms with Gasteiger partial charge in [-0.15, -0.1) is 11.3 Å². The molecule has 3 aromatic rings. The van der Waals surface area contributed by atoms with Crippen LogP contribution in [0.15, 0.2) is 47.2 Å². The fourth-order valence-corrected chi connectivity index (χ4v) is 3.88. The van der Waals surface area contributed by atoms with Gasteiger partial charge in [-0.25, -0.2) is 4.98 Å². The summed E-state index contributed by atoms with van der Waals surface area (Å²) >= 11 is 13.6. The number of thiazole rings is 1.